The molecule has 2 heterocycles. The van der Waals surface area contributed by atoms with Gasteiger partial charge in [-0.2, -0.15) is 26.3 Å². The Balaban J connectivity index is 1.78. The van der Waals surface area contributed by atoms with E-state index in [0.717, 1.165) is 18.2 Å². The number of halogens is 6. The molecule has 2 N–H and O–H groups in total. The molecule has 4 rings (SSSR count). The Labute approximate surface area is 211 Å². The van der Waals surface area contributed by atoms with Crippen molar-refractivity contribution in [2.24, 2.45) is 0 Å². The first-order chi connectivity index (χ1) is 17.8. The highest BCUT2D eigenvalue weighted by molar-refractivity contribution is 6.08. The number of amides is 1. The summed E-state index contributed by atoms with van der Waals surface area (Å²) in [7, 11) is 0. The molecule has 0 spiro atoms. The molecule has 0 aliphatic heterocycles. The summed E-state index contributed by atoms with van der Waals surface area (Å²) >= 11 is 0. The fourth-order valence-corrected chi connectivity index (χ4v) is 3.67. The summed E-state index contributed by atoms with van der Waals surface area (Å²) in [5.74, 6) is -1.51. The van der Waals surface area contributed by atoms with Gasteiger partial charge in [0.05, 0.1) is 23.4 Å². The maximum Gasteiger partial charge on any atom is 0.433 e. The molecule has 12 heteroatoms. The van der Waals surface area contributed by atoms with Gasteiger partial charge >= 0.3 is 12.4 Å². The molecule has 1 amide bonds. The molecular weight excluding hydrogens is 516 g/mol. The minimum atomic E-state index is -4.97. The van der Waals surface area contributed by atoms with Crippen molar-refractivity contribution in [1.29, 1.82) is 0 Å². The first-order valence-electron chi connectivity index (χ1n) is 10.8. The van der Waals surface area contributed by atoms with Gasteiger partial charge in [-0.1, -0.05) is 18.2 Å². The zero-order chi connectivity index (χ0) is 27.7. The Bertz CT molecular complexity index is 1460. The number of rotatable bonds is 5. The van der Waals surface area contributed by atoms with Gasteiger partial charge < -0.3 is 15.1 Å². The van der Waals surface area contributed by atoms with Crippen LogP contribution >= 0.6 is 0 Å². The van der Waals surface area contributed by atoms with E-state index in [2.05, 4.69) is 9.97 Å². The van der Waals surface area contributed by atoms with Crippen LogP contribution in [0.25, 0.3) is 11.3 Å². The van der Waals surface area contributed by atoms with Crippen molar-refractivity contribution in [3.05, 3.63) is 102 Å². The van der Waals surface area contributed by atoms with E-state index in [4.69, 9.17) is 0 Å². The van der Waals surface area contributed by atoms with Crippen molar-refractivity contribution in [2.75, 3.05) is 4.90 Å². The van der Waals surface area contributed by atoms with Crippen molar-refractivity contribution in [2.45, 2.75) is 18.9 Å². The molecule has 2 aromatic heterocycles. The van der Waals surface area contributed by atoms with Crippen LogP contribution in [-0.2, 0) is 18.9 Å². The van der Waals surface area contributed by atoms with Gasteiger partial charge in [0, 0.05) is 29.7 Å². The van der Waals surface area contributed by atoms with Gasteiger partial charge in [-0.15, -0.1) is 0 Å². The summed E-state index contributed by atoms with van der Waals surface area (Å²) in [6.45, 7) is -0.0675. The summed E-state index contributed by atoms with van der Waals surface area (Å²) in [6, 6.07) is 12.0. The van der Waals surface area contributed by atoms with E-state index in [1.807, 2.05) is 0 Å². The quantitative estimate of drug-likeness (QED) is 0.289. The normalized spacial score (nSPS) is 11.8. The van der Waals surface area contributed by atoms with Gasteiger partial charge in [0.15, 0.2) is 0 Å². The SMILES string of the molecule is O=C(c1ccc(O)cc1O)N(Cc1cccnc1)c1ccc(-c2nc(C(F)(F)F)ccc2C(F)(F)F)cc1. The maximum absolute atomic E-state index is 13.6. The molecule has 0 radical (unpaired) electrons. The number of hydrogen-bond acceptors (Lipinski definition) is 5. The van der Waals surface area contributed by atoms with Crippen LogP contribution in [-0.4, -0.2) is 26.1 Å². The predicted octanol–water partition coefficient (Wildman–Crippen LogP) is 6.44. The Morgan fingerprint density at radius 2 is 1.58 bits per heavy atom. The minimum absolute atomic E-state index is 0.0675. The predicted molar refractivity (Wildman–Crippen MR) is 124 cm³/mol. The first-order valence-corrected chi connectivity index (χ1v) is 10.8. The zero-order valence-electron chi connectivity index (χ0n) is 19.1. The third kappa shape index (κ3) is 5.69. The fourth-order valence-electron chi connectivity index (χ4n) is 3.67. The average Bonchev–Trinajstić information content (AvgIpc) is 2.86. The number of aromatic hydroxyl groups is 2. The molecule has 0 atom stereocenters. The monoisotopic (exact) mass is 533 g/mol. The van der Waals surface area contributed by atoms with Gasteiger partial charge in [0.1, 0.15) is 17.2 Å². The molecule has 2 aromatic carbocycles. The van der Waals surface area contributed by atoms with Crippen LogP contribution in [0.15, 0.2) is 79.1 Å². The van der Waals surface area contributed by atoms with E-state index in [0.29, 0.717) is 11.6 Å². The zero-order valence-corrected chi connectivity index (χ0v) is 19.1. The standard InChI is InChI=1S/C26H17F6N3O3/c27-25(28,29)20-9-10-22(26(30,31)32)34-23(20)16-3-5-17(6-4-16)35(14-15-2-1-11-33-13-15)24(38)19-8-7-18(36)12-21(19)37/h1-13,36-37H,14H2. The molecule has 4 aromatic rings. The second kappa shape index (κ2) is 10.0. The van der Waals surface area contributed by atoms with E-state index in [-0.39, 0.29) is 35.2 Å². The number of carbonyl (C=O) groups is 1. The van der Waals surface area contributed by atoms with Crippen molar-refractivity contribution >= 4 is 11.6 Å². The summed E-state index contributed by atoms with van der Waals surface area (Å²) in [5, 5.41) is 19.7. The molecule has 0 saturated heterocycles. The number of anilines is 1. The van der Waals surface area contributed by atoms with Crippen LogP contribution in [0.2, 0.25) is 0 Å². The van der Waals surface area contributed by atoms with E-state index >= 15 is 0 Å². The summed E-state index contributed by atoms with van der Waals surface area (Å²) in [4.78, 5) is 21.8. The first kappa shape index (κ1) is 26.5. The molecule has 6 nitrogen and oxygen atoms in total. The third-order valence-electron chi connectivity index (χ3n) is 5.46. The van der Waals surface area contributed by atoms with E-state index < -0.39 is 41.0 Å². The molecule has 0 aliphatic carbocycles. The summed E-state index contributed by atoms with van der Waals surface area (Å²) in [5.41, 5.74) is -3.45. The smallest absolute Gasteiger partial charge is 0.433 e. The van der Waals surface area contributed by atoms with Crippen molar-refractivity contribution < 1.29 is 41.4 Å². The van der Waals surface area contributed by atoms with Gasteiger partial charge in [-0.05, 0) is 48.0 Å². The average molecular weight is 533 g/mol. The number of phenols is 2. The van der Waals surface area contributed by atoms with Crippen molar-refractivity contribution in [3.8, 4) is 22.8 Å². The van der Waals surface area contributed by atoms with Gasteiger partial charge in [0.2, 0.25) is 0 Å². The number of carbonyl (C=O) groups excluding carboxylic acids is 1. The van der Waals surface area contributed by atoms with Crippen LogP contribution in [0.1, 0.15) is 27.2 Å². The lowest BCUT2D eigenvalue weighted by molar-refractivity contribution is -0.144. The van der Waals surface area contributed by atoms with E-state index in [1.54, 1.807) is 12.1 Å². The number of benzene rings is 2. The Morgan fingerprint density at radius 3 is 2.16 bits per heavy atom. The van der Waals surface area contributed by atoms with Gasteiger partial charge in [-0.3, -0.25) is 9.78 Å². The Kier molecular flexibility index (Phi) is 6.99. The van der Waals surface area contributed by atoms with Crippen LogP contribution in [0, 0.1) is 0 Å². The highest BCUT2D eigenvalue weighted by Gasteiger charge is 2.38. The largest absolute Gasteiger partial charge is 0.508 e. The fraction of sp³-hybridized carbons (Fsp3) is 0.115. The lowest BCUT2D eigenvalue weighted by Gasteiger charge is -2.24. The van der Waals surface area contributed by atoms with Gasteiger partial charge in [-0.25, -0.2) is 4.98 Å². The Hall–Kier alpha value is -4.61. The molecular formula is C26H17F6N3O3. The van der Waals surface area contributed by atoms with Crippen molar-refractivity contribution in [1.82, 2.24) is 9.97 Å². The number of aromatic nitrogens is 2. The third-order valence-corrected chi connectivity index (χ3v) is 5.46. The molecule has 0 fully saturated rings. The highest BCUT2D eigenvalue weighted by atomic mass is 19.4. The lowest BCUT2D eigenvalue weighted by atomic mass is 10.0. The molecule has 0 bridgehead atoms. The van der Waals surface area contributed by atoms with Crippen molar-refractivity contribution in [3.63, 3.8) is 0 Å². The maximum atomic E-state index is 13.6. The molecule has 0 unspecified atom stereocenters. The molecule has 0 saturated carbocycles. The van der Waals surface area contributed by atoms with Crippen LogP contribution < -0.4 is 4.90 Å². The highest BCUT2D eigenvalue weighted by Crippen LogP contribution is 2.39. The topological polar surface area (TPSA) is 86.5 Å². The van der Waals surface area contributed by atoms with Crippen LogP contribution in [0.3, 0.4) is 0 Å². The molecule has 0 aliphatic rings. The summed E-state index contributed by atoms with van der Waals surface area (Å²) < 4.78 is 80.2. The van der Waals surface area contributed by atoms with Crippen LogP contribution in [0.5, 0.6) is 11.5 Å². The van der Waals surface area contributed by atoms with E-state index in [1.165, 1.54) is 41.6 Å². The molecule has 38 heavy (non-hydrogen) atoms. The number of pyridine rings is 2. The number of phenolic OH excluding ortho intramolecular Hbond substituents is 2. The Morgan fingerprint density at radius 1 is 0.868 bits per heavy atom. The second-order valence-corrected chi connectivity index (χ2v) is 8.09. The molecule has 196 valence electrons. The number of nitrogens with zero attached hydrogens (tertiary/aromatic N) is 3. The number of alkyl halides is 6. The number of hydrogen-bond donors (Lipinski definition) is 2. The second-order valence-electron chi connectivity index (χ2n) is 8.09. The van der Waals surface area contributed by atoms with E-state index in [9.17, 15) is 41.4 Å². The van der Waals surface area contributed by atoms with Crippen LogP contribution in [0.4, 0.5) is 32.0 Å². The minimum Gasteiger partial charge on any atom is -0.508 e. The lowest BCUT2D eigenvalue weighted by Crippen LogP contribution is -2.30. The summed E-state index contributed by atoms with van der Waals surface area (Å²) in [6.07, 6.45) is -6.94. The van der Waals surface area contributed by atoms with Gasteiger partial charge in [0.25, 0.3) is 5.91 Å².